The predicted octanol–water partition coefficient (Wildman–Crippen LogP) is 1.33. The Morgan fingerprint density at radius 1 is 1.67 bits per heavy atom. The Bertz CT molecular complexity index is 269. The van der Waals surface area contributed by atoms with Gasteiger partial charge in [-0.1, -0.05) is 6.58 Å². The van der Waals surface area contributed by atoms with Crippen molar-refractivity contribution in [2.24, 2.45) is 0 Å². The molecule has 1 saturated carbocycles. The summed E-state index contributed by atoms with van der Waals surface area (Å²) in [5, 5.41) is 8.16. The van der Waals surface area contributed by atoms with E-state index < -0.39 is 5.97 Å². The van der Waals surface area contributed by atoms with Crippen LogP contribution in [0.25, 0.3) is 0 Å². The van der Waals surface area contributed by atoms with Crippen molar-refractivity contribution >= 4 is 5.97 Å². The van der Waals surface area contributed by atoms with Crippen molar-refractivity contribution < 1.29 is 9.53 Å². The van der Waals surface area contributed by atoms with E-state index in [1.165, 1.54) is 12.2 Å². The maximum absolute atomic E-state index is 11.0. The average Bonchev–Trinajstić information content (AvgIpc) is 2.83. The molecule has 62 valence electrons. The summed E-state index contributed by atoms with van der Waals surface area (Å²) in [6.07, 6.45) is 4.54. The molecular weight excluding hydrogens is 154 g/mol. The molecule has 12 heavy (non-hydrogen) atoms. The minimum Gasteiger partial charge on any atom is -0.459 e. The lowest BCUT2D eigenvalue weighted by Gasteiger charge is -2.00. The summed E-state index contributed by atoms with van der Waals surface area (Å²) in [5.41, 5.74) is 0.225. The first-order chi connectivity index (χ1) is 5.74. The lowest BCUT2D eigenvalue weighted by Crippen LogP contribution is -2.06. The summed E-state index contributed by atoms with van der Waals surface area (Å²) in [5.74, 6) is -0.427. The van der Waals surface area contributed by atoms with Crippen LogP contribution >= 0.6 is 0 Å². The van der Waals surface area contributed by atoms with Crippen molar-refractivity contribution in [1.82, 2.24) is 0 Å². The number of nitrogens with zero attached hydrogens (tertiary/aromatic N) is 1. The Kier molecular flexibility index (Phi) is 2.65. The summed E-state index contributed by atoms with van der Waals surface area (Å²) in [7, 11) is 0. The van der Waals surface area contributed by atoms with E-state index in [0.717, 1.165) is 12.8 Å². The number of nitriles is 1. The topological polar surface area (TPSA) is 50.1 Å². The Balaban J connectivity index is 2.35. The van der Waals surface area contributed by atoms with Crippen LogP contribution in [0.4, 0.5) is 0 Å². The van der Waals surface area contributed by atoms with Crippen LogP contribution in [-0.2, 0) is 9.53 Å². The Morgan fingerprint density at radius 3 is 2.83 bits per heavy atom. The molecule has 1 aliphatic rings. The quantitative estimate of drug-likeness (QED) is 0.273. The number of ether oxygens (including phenoxy) is 1. The predicted molar refractivity (Wildman–Crippen MR) is 43.0 cm³/mol. The van der Waals surface area contributed by atoms with E-state index >= 15 is 0 Å². The zero-order chi connectivity index (χ0) is 8.97. The fourth-order valence-corrected chi connectivity index (χ4v) is 0.619. The second-order valence-corrected chi connectivity index (χ2v) is 2.59. The Hall–Kier alpha value is -1.56. The molecule has 0 aromatic carbocycles. The van der Waals surface area contributed by atoms with E-state index in [4.69, 9.17) is 10.00 Å². The Morgan fingerprint density at radius 2 is 2.33 bits per heavy atom. The van der Waals surface area contributed by atoms with Crippen molar-refractivity contribution in [3.05, 3.63) is 24.3 Å². The first-order valence-electron chi connectivity index (χ1n) is 3.70. The van der Waals surface area contributed by atoms with Gasteiger partial charge in [0.25, 0.3) is 0 Å². The molecule has 0 aromatic rings. The van der Waals surface area contributed by atoms with Gasteiger partial charge in [0, 0.05) is 6.08 Å². The highest BCUT2D eigenvalue weighted by atomic mass is 16.5. The number of esters is 1. The van der Waals surface area contributed by atoms with E-state index in [9.17, 15) is 4.79 Å². The largest absolute Gasteiger partial charge is 0.459 e. The van der Waals surface area contributed by atoms with Crippen molar-refractivity contribution in [3.63, 3.8) is 0 Å². The van der Waals surface area contributed by atoms with Crippen LogP contribution in [0.2, 0.25) is 0 Å². The van der Waals surface area contributed by atoms with Crippen LogP contribution in [-0.4, -0.2) is 12.1 Å². The number of hydrogen-bond acceptors (Lipinski definition) is 3. The van der Waals surface area contributed by atoms with Gasteiger partial charge in [-0.05, 0) is 18.9 Å². The maximum atomic E-state index is 11.0. The van der Waals surface area contributed by atoms with Gasteiger partial charge in [-0.3, -0.25) is 0 Å². The average molecular weight is 163 g/mol. The monoisotopic (exact) mass is 163 g/mol. The number of rotatable bonds is 3. The van der Waals surface area contributed by atoms with Gasteiger partial charge in [0.05, 0.1) is 11.6 Å². The van der Waals surface area contributed by atoms with Crippen LogP contribution in [0.3, 0.4) is 0 Å². The first kappa shape index (κ1) is 8.54. The summed E-state index contributed by atoms with van der Waals surface area (Å²) in [4.78, 5) is 11.0. The van der Waals surface area contributed by atoms with Gasteiger partial charge in [0.2, 0.25) is 0 Å². The molecule has 0 aromatic heterocycles. The van der Waals surface area contributed by atoms with Gasteiger partial charge >= 0.3 is 5.97 Å². The van der Waals surface area contributed by atoms with E-state index in [0.29, 0.717) is 0 Å². The highest BCUT2D eigenvalue weighted by Gasteiger charge is 2.26. The van der Waals surface area contributed by atoms with E-state index in [-0.39, 0.29) is 11.7 Å². The molecule has 0 N–H and O–H groups in total. The lowest BCUT2D eigenvalue weighted by molar-refractivity contribution is -0.139. The number of carbonyl (C=O) groups is 1. The fraction of sp³-hybridized carbons (Fsp3) is 0.333. The van der Waals surface area contributed by atoms with Crippen LogP contribution in [0, 0.1) is 11.3 Å². The highest BCUT2D eigenvalue weighted by molar-refractivity contribution is 5.91. The van der Waals surface area contributed by atoms with E-state index in [2.05, 4.69) is 6.58 Å². The fourth-order valence-electron chi connectivity index (χ4n) is 0.619. The van der Waals surface area contributed by atoms with E-state index in [1.54, 1.807) is 6.07 Å². The van der Waals surface area contributed by atoms with Gasteiger partial charge in [0.1, 0.15) is 6.10 Å². The number of allylic oxidation sites excluding steroid dienone is 1. The van der Waals surface area contributed by atoms with Crippen molar-refractivity contribution in [3.8, 4) is 6.07 Å². The molecule has 0 aliphatic heterocycles. The zero-order valence-corrected chi connectivity index (χ0v) is 6.62. The normalized spacial score (nSPS) is 15.6. The highest BCUT2D eigenvalue weighted by Crippen LogP contribution is 2.24. The summed E-state index contributed by atoms with van der Waals surface area (Å²) >= 11 is 0. The molecule has 0 atom stereocenters. The van der Waals surface area contributed by atoms with Gasteiger partial charge in [0.15, 0.2) is 0 Å². The van der Waals surface area contributed by atoms with Gasteiger partial charge in [-0.15, -0.1) is 0 Å². The standard InChI is InChI=1S/C9H9NO2/c1-7(3-2-6-10)9(11)12-8-4-5-8/h2-3,8H,1,4-5H2. The second kappa shape index (κ2) is 3.72. The first-order valence-corrected chi connectivity index (χ1v) is 3.70. The molecule has 0 bridgehead atoms. The summed E-state index contributed by atoms with van der Waals surface area (Å²) in [6, 6.07) is 1.77. The smallest absolute Gasteiger partial charge is 0.337 e. The van der Waals surface area contributed by atoms with Crippen LogP contribution < -0.4 is 0 Å². The van der Waals surface area contributed by atoms with Crippen molar-refractivity contribution in [2.45, 2.75) is 18.9 Å². The molecular formula is C9H9NO2. The number of hydrogen-bond donors (Lipinski definition) is 0. The third-order valence-electron chi connectivity index (χ3n) is 1.42. The second-order valence-electron chi connectivity index (χ2n) is 2.59. The van der Waals surface area contributed by atoms with Gasteiger partial charge in [-0.2, -0.15) is 5.26 Å². The van der Waals surface area contributed by atoms with Crippen molar-refractivity contribution in [1.29, 1.82) is 5.26 Å². The third-order valence-corrected chi connectivity index (χ3v) is 1.42. The molecule has 0 spiro atoms. The molecule has 1 rings (SSSR count). The number of carbonyl (C=O) groups excluding carboxylic acids is 1. The molecule has 0 unspecified atom stereocenters. The lowest BCUT2D eigenvalue weighted by atomic mass is 10.3. The minimum atomic E-state index is -0.427. The van der Waals surface area contributed by atoms with Crippen LogP contribution in [0.5, 0.6) is 0 Å². The molecule has 0 saturated heterocycles. The molecule has 0 heterocycles. The van der Waals surface area contributed by atoms with Gasteiger partial charge in [-0.25, -0.2) is 4.79 Å². The van der Waals surface area contributed by atoms with Crippen molar-refractivity contribution in [2.75, 3.05) is 0 Å². The van der Waals surface area contributed by atoms with Crippen LogP contribution in [0.15, 0.2) is 24.3 Å². The minimum absolute atomic E-state index is 0.0877. The maximum Gasteiger partial charge on any atom is 0.337 e. The zero-order valence-electron chi connectivity index (χ0n) is 6.62. The van der Waals surface area contributed by atoms with Gasteiger partial charge < -0.3 is 4.74 Å². The van der Waals surface area contributed by atoms with Crippen LogP contribution in [0.1, 0.15) is 12.8 Å². The Labute approximate surface area is 70.9 Å². The SMILES string of the molecule is C=C(C=CC#N)C(=O)OC1CC1. The summed E-state index contributed by atoms with van der Waals surface area (Å²) in [6.45, 7) is 3.46. The third kappa shape index (κ3) is 2.59. The molecule has 0 amide bonds. The molecule has 0 radical (unpaired) electrons. The molecule has 1 aliphatic carbocycles. The van der Waals surface area contributed by atoms with E-state index in [1.807, 2.05) is 0 Å². The summed E-state index contributed by atoms with van der Waals surface area (Å²) < 4.78 is 4.92. The molecule has 3 heteroatoms. The molecule has 3 nitrogen and oxygen atoms in total. The molecule has 1 fully saturated rings.